The summed E-state index contributed by atoms with van der Waals surface area (Å²) in [6.07, 6.45) is 4.35. The van der Waals surface area contributed by atoms with Crippen molar-refractivity contribution in [2.75, 3.05) is 6.61 Å². The summed E-state index contributed by atoms with van der Waals surface area (Å²) in [5.74, 6) is 0. The van der Waals surface area contributed by atoms with Crippen molar-refractivity contribution in [3.63, 3.8) is 0 Å². The minimum Gasteiger partial charge on any atom is -0.394 e. The second-order valence-corrected chi connectivity index (χ2v) is 3.81. The molecule has 0 aromatic heterocycles. The van der Waals surface area contributed by atoms with Gasteiger partial charge >= 0.3 is 0 Å². The Labute approximate surface area is 73.0 Å². The van der Waals surface area contributed by atoms with Gasteiger partial charge in [0.2, 0.25) is 0 Å². The Morgan fingerprint density at radius 2 is 1.83 bits per heavy atom. The zero-order valence-electron chi connectivity index (χ0n) is 7.37. The van der Waals surface area contributed by atoms with Crippen LogP contribution in [0.1, 0.15) is 38.5 Å². The Morgan fingerprint density at radius 3 is 2.33 bits per heavy atom. The fourth-order valence-corrected chi connectivity index (χ4v) is 1.81. The van der Waals surface area contributed by atoms with Crippen molar-refractivity contribution >= 4 is 0 Å². The SMILES string of the molecule is OCC(O)CCC1(O)CCCC1. The average Bonchev–Trinajstić information content (AvgIpc) is 2.49. The molecule has 12 heavy (non-hydrogen) atoms. The van der Waals surface area contributed by atoms with Crippen molar-refractivity contribution in [1.82, 2.24) is 0 Å². The first-order chi connectivity index (χ1) is 5.66. The van der Waals surface area contributed by atoms with Gasteiger partial charge < -0.3 is 15.3 Å². The summed E-state index contributed by atoms with van der Waals surface area (Å²) in [7, 11) is 0. The molecule has 0 aromatic rings. The summed E-state index contributed by atoms with van der Waals surface area (Å²) >= 11 is 0. The van der Waals surface area contributed by atoms with E-state index in [1.54, 1.807) is 0 Å². The van der Waals surface area contributed by atoms with Crippen molar-refractivity contribution in [1.29, 1.82) is 0 Å². The molecule has 0 heterocycles. The van der Waals surface area contributed by atoms with Crippen LogP contribution in [-0.2, 0) is 0 Å². The molecule has 0 aliphatic heterocycles. The molecular weight excluding hydrogens is 156 g/mol. The van der Waals surface area contributed by atoms with Gasteiger partial charge in [0, 0.05) is 0 Å². The van der Waals surface area contributed by atoms with Crippen LogP contribution in [-0.4, -0.2) is 33.6 Å². The molecule has 72 valence electrons. The van der Waals surface area contributed by atoms with Crippen molar-refractivity contribution < 1.29 is 15.3 Å². The standard InChI is InChI=1S/C9H18O3/c10-7-8(11)3-6-9(12)4-1-2-5-9/h8,10-12H,1-7H2. The summed E-state index contributed by atoms with van der Waals surface area (Å²) in [6, 6.07) is 0. The van der Waals surface area contributed by atoms with Gasteiger partial charge in [0.25, 0.3) is 0 Å². The maximum Gasteiger partial charge on any atom is 0.0772 e. The summed E-state index contributed by atoms with van der Waals surface area (Å²) in [4.78, 5) is 0. The minimum absolute atomic E-state index is 0.198. The van der Waals surface area contributed by atoms with E-state index in [0.717, 1.165) is 25.7 Å². The molecule has 3 nitrogen and oxygen atoms in total. The quantitative estimate of drug-likeness (QED) is 0.579. The predicted octanol–water partition coefficient (Wildman–Crippen LogP) is 0.425. The van der Waals surface area contributed by atoms with Gasteiger partial charge in [0.05, 0.1) is 18.3 Å². The largest absolute Gasteiger partial charge is 0.394 e. The van der Waals surface area contributed by atoms with Crippen LogP contribution in [0.5, 0.6) is 0 Å². The second kappa shape index (κ2) is 4.21. The van der Waals surface area contributed by atoms with E-state index in [9.17, 15) is 5.11 Å². The first kappa shape index (κ1) is 9.96. The smallest absolute Gasteiger partial charge is 0.0772 e. The molecule has 1 aliphatic rings. The average molecular weight is 174 g/mol. The third-order valence-corrected chi connectivity index (χ3v) is 2.69. The molecule has 3 N–H and O–H groups in total. The molecule has 0 radical (unpaired) electrons. The summed E-state index contributed by atoms with van der Waals surface area (Å²) in [5, 5.41) is 27.5. The molecule has 3 heteroatoms. The van der Waals surface area contributed by atoms with E-state index in [1.807, 2.05) is 0 Å². The van der Waals surface area contributed by atoms with Crippen molar-refractivity contribution in [2.45, 2.75) is 50.2 Å². The Hall–Kier alpha value is -0.120. The van der Waals surface area contributed by atoms with E-state index < -0.39 is 11.7 Å². The number of aliphatic hydroxyl groups is 3. The lowest BCUT2D eigenvalue weighted by molar-refractivity contribution is 0.0118. The Balaban J connectivity index is 2.21. The molecule has 1 saturated carbocycles. The van der Waals surface area contributed by atoms with Crippen molar-refractivity contribution in [2.24, 2.45) is 0 Å². The highest BCUT2D eigenvalue weighted by Gasteiger charge is 2.30. The molecule has 0 bridgehead atoms. The topological polar surface area (TPSA) is 60.7 Å². The molecule has 1 rings (SSSR count). The summed E-state index contributed by atoms with van der Waals surface area (Å²) in [5.41, 5.74) is -0.545. The molecule has 1 fully saturated rings. The van der Waals surface area contributed by atoms with E-state index >= 15 is 0 Å². The van der Waals surface area contributed by atoms with Crippen LogP contribution in [0.2, 0.25) is 0 Å². The van der Waals surface area contributed by atoms with Gasteiger partial charge in [-0.2, -0.15) is 0 Å². The van der Waals surface area contributed by atoms with Gasteiger partial charge in [-0.3, -0.25) is 0 Å². The van der Waals surface area contributed by atoms with Gasteiger partial charge in [0.1, 0.15) is 0 Å². The highest BCUT2D eigenvalue weighted by atomic mass is 16.3. The fraction of sp³-hybridized carbons (Fsp3) is 1.00. The Morgan fingerprint density at radius 1 is 1.25 bits per heavy atom. The number of hydrogen-bond donors (Lipinski definition) is 3. The maximum atomic E-state index is 9.84. The first-order valence-electron chi connectivity index (χ1n) is 4.68. The molecular formula is C9H18O3. The molecule has 1 unspecified atom stereocenters. The molecule has 0 spiro atoms. The minimum atomic E-state index is -0.658. The van der Waals surface area contributed by atoms with Crippen LogP contribution < -0.4 is 0 Å². The van der Waals surface area contributed by atoms with E-state index in [4.69, 9.17) is 10.2 Å². The van der Waals surface area contributed by atoms with E-state index in [-0.39, 0.29) is 6.61 Å². The number of aliphatic hydroxyl groups excluding tert-OH is 2. The normalized spacial score (nSPS) is 24.2. The van der Waals surface area contributed by atoms with Crippen LogP contribution in [0, 0.1) is 0 Å². The van der Waals surface area contributed by atoms with Gasteiger partial charge in [-0.15, -0.1) is 0 Å². The zero-order valence-corrected chi connectivity index (χ0v) is 7.37. The molecule has 0 aromatic carbocycles. The molecule has 1 atom stereocenters. The molecule has 0 saturated heterocycles. The summed E-state index contributed by atoms with van der Waals surface area (Å²) in [6.45, 7) is -0.198. The van der Waals surface area contributed by atoms with Crippen LogP contribution in [0.25, 0.3) is 0 Å². The number of rotatable bonds is 4. The van der Waals surface area contributed by atoms with Crippen molar-refractivity contribution in [3.05, 3.63) is 0 Å². The predicted molar refractivity (Wildman–Crippen MR) is 45.7 cm³/mol. The summed E-state index contributed by atoms with van der Waals surface area (Å²) < 4.78 is 0. The Bertz CT molecular complexity index is 130. The monoisotopic (exact) mass is 174 g/mol. The van der Waals surface area contributed by atoms with Crippen molar-refractivity contribution in [3.8, 4) is 0 Å². The lowest BCUT2D eigenvalue weighted by Crippen LogP contribution is -2.26. The number of hydrogen-bond acceptors (Lipinski definition) is 3. The van der Waals surface area contributed by atoms with Crippen LogP contribution in [0.3, 0.4) is 0 Å². The van der Waals surface area contributed by atoms with Gasteiger partial charge in [-0.25, -0.2) is 0 Å². The van der Waals surface area contributed by atoms with Gasteiger partial charge in [0.15, 0.2) is 0 Å². The Kier molecular flexibility index (Phi) is 3.50. The maximum absolute atomic E-state index is 9.84. The van der Waals surface area contributed by atoms with Gasteiger partial charge in [-0.05, 0) is 25.7 Å². The van der Waals surface area contributed by atoms with E-state index in [2.05, 4.69) is 0 Å². The van der Waals surface area contributed by atoms with Crippen LogP contribution in [0.4, 0.5) is 0 Å². The highest BCUT2D eigenvalue weighted by Crippen LogP contribution is 2.33. The highest BCUT2D eigenvalue weighted by molar-refractivity contribution is 4.84. The lowest BCUT2D eigenvalue weighted by Gasteiger charge is -2.22. The third-order valence-electron chi connectivity index (χ3n) is 2.69. The van der Waals surface area contributed by atoms with Crippen LogP contribution in [0.15, 0.2) is 0 Å². The van der Waals surface area contributed by atoms with Gasteiger partial charge in [-0.1, -0.05) is 12.8 Å². The fourth-order valence-electron chi connectivity index (χ4n) is 1.81. The lowest BCUT2D eigenvalue weighted by atomic mass is 9.94. The zero-order chi connectivity index (χ0) is 9.03. The van der Waals surface area contributed by atoms with E-state index in [0.29, 0.717) is 12.8 Å². The third kappa shape index (κ3) is 2.73. The first-order valence-corrected chi connectivity index (χ1v) is 4.68. The second-order valence-electron chi connectivity index (χ2n) is 3.81. The van der Waals surface area contributed by atoms with Crippen LogP contribution >= 0.6 is 0 Å². The molecule has 0 amide bonds. The van der Waals surface area contributed by atoms with E-state index in [1.165, 1.54) is 0 Å². The molecule has 1 aliphatic carbocycles.